The number of thiol groups is 1. The predicted molar refractivity (Wildman–Crippen MR) is 460 cm³/mol. The number of carbonyl (C=O) groups excluding carboxylic acids is 18. The van der Waals surface area contributed by atoms with Gasteiger partial charge < -0.3 is 134 Å². The highest BCUT2D eigenvalue weighted by atomic mass is 32.1. The summed E-state index contributed by atoms with van der Waals surface area (Å²) in [6.45, 7) is 8.70. The first-order chi connectivity index (χ1) is 58.9. The minimum atomic E-state index is -1.99. The molecule has 2 aromatic carbocycles. The standard InChI is InChI=1S/C78H123N23O22S2/c1-9-42(8)62(101-69(114)49(23-17-29-88-78(85)86)92-70(115)51(30-39(2)3)95-64(109)46(80)31-43-18-12-10-13-19-43)74(119)100-61(41(6)7)76(121)122-58(106)27-25-50(66(111)90-34-59(107)123-75(120)52(32-44-20-14-11-15-21-44)91-57(105)33-89-67(112)54(37-124)97-65(110)47(81)35-102)94-73(118)60(40(4)5)99-71(116)53(36-103)96-68(113)48(22-16-28-87-77(83)84)93-72(117)55(38-125)98-63(108)45(79)24-26-56(82)104/h10-15,18-21,38-42,45-55,60-62,102-103,124H,9,16-17,22-37,79-81H2,1-8H3,(H2,82,104)(H,89,112)(H,90,111)(H,91,105)(H,92,115)(H,93,117)(H,94,118)(H,95,109)(H,96,113)(H,97,110)(H,98,108)(H,99,116)(H,100,119)(H,101,114)(H4,83,84,87)(H4,85,86,88). The Labute approximate surface area is 733 Å². The maximum Gasteiger partial charge on any atom is 0.336 e. The van der Waals surface area contributed by atoms with Gasteiger partial charge in [0.15, 0.2) is 11.9 Å². The number of aliphatic hydroxyl groups is 2. The molecule has 31 N–H and O–H groups in total. The van der Waals surface area contributed by atoms with Crippen LogP contribution in [0.3, 0.4) is 0 Å². The Bertz CT molecular complexity index is 4020. The first kappa shape index (κ1) is 109. The molecule has 47 heteroatoms. The van der Waals surface area contributed by atoms with E-state index in [1.165, 1.54) is 27.7 Å². The number of esters is 4. The van der Waals surface area contributed by atoms with Crippen LogP contribution in [0.25, 0.3) is 0 Å². The lowest BCUT2D eigenvalue weighted by Crippen LogP contribution is -2.61. The van der Waals surface area contributed by atoms with Gasteiger partial charge in [0.05, 0.1) is 31.8 Å². The molecule has 0 fully saturated rings. The minimum Gasteiger partial charge on any atom is -0.394 e. The molecule has 0 radical (unpaired) electrons. The fourth-order valence-corrected chi connectivity index (χ4v) is 12.0. The van der Waals surface area contributed by atoms with Crippen molar-refractivity contribution in [2.75, 3.05) is 45.1 Å². The van der Waals surface area contributed by atoms with Crippen LogP contribution in [0.5, 0.6) is 0 Å². The van der Waals surface area contributed by atoms with Gasteiger partial charge in [-0.15, -0.1) is 0 Å². The van der Waals surface area contributed by atoms with E-state index in [1.54, 1.807) is 88.4 Å². The second-order valence-electron chi connectivity index (χ2n) is 30.3. The number of hydrogen-bond donors (Lipinski definition) is 26. The summed E-state index contributed by atoms with van der Waals surface area (Å²) >= 11 is 9.01. The molecular formula is C78H123N23O22S2. The molecule has 0 aliphatic heterocycles. The lowest BCUT2D eigenvalue weighted by Gasteiger charge is -2.30. The highest BCUT2D eigenvalue weighted by molar-refractivity contribution is 7.80. The van der Waals surface area contributed by atoms with Crippen molar-refractivity contribution in [1.82, 2.24) is 79.8 Å². The summed E-state index contributed by atoms with van der Waals surface area (Å²) in [6, 6.07) is -4.64. The summed E-state index contributed by atoms with van der Waals surface area (Å²) in [5.74, 6) is -23.4. The molecule has 45 nitrogen and oxygen atoms in total. The fourth-order valence-electron chi connectivity index (χ4n) is 11.5. The molecule has 14 amide bonds. The summed E-state index contributed by atoms with van der Waals surface area (Å²) in [4.78, 5) is 246. The van der Waals surface area contributed by atoms with Crippen LogP contribution in [0.4, 0.5) is 0 Å². The number of rotatable bonds is 57. The first-order valence-corrected chi connectivity index (χ1v) is 41.4. The molecule has 0 saturated heterocycles. The molecule has 2 rings (SSSR count). The Morgan fingerprint density at radius 2 is 0.872 bits per heavy atom. The Morgan fingerprint density at radius 1 is 0.432 bits per heavy atom. The average molecular weight is 1800 g/mol. The number of thiocarbonyl (C=S) groups is 1. The molecule has 0 saturated carbocycles. The average Bonchev–Trinajstić information content (AvgIpc) is 0.835. The Kier molecular flexibility index (Phi) is 50.2. The molecule has 0 bridgehead atoms. The van der Waals surface area contributed by atoms with Crippen molar-refractivity contribution in [2.24, 2.45) is 58.1 Å². The van der Waals surface area contributed by atoms with Crippen LogP contribution in [0.15, 0.2) is 60.7 Å². The summed E-state index contributed by atoms with van der Waals surface area (Å²) in [7, 11) is 0. The van der Waals surface area contributed by atoms with Crippen LogP contribution >= 0.6 is 24.8 Å². The van der Waals surface area contributed by atoms with Crippen LogP contribution in [0.1, 0.15) is 131 Å². The molecular weight excluding hydrogens is 1680 g/mol. The van der Waals surface area contributed by atoms with Gasteiger partial charge in [-0.25, -0.2) is 14.4 Å². The van der Waals surface area contributed by atoms with Crippen molar-refractivity contribution in [3.05, 3.63) is 71.8 Å². The van der Waals surface area contributed by atoms with Gasteiger partial charge in [-0.1, -0.05) is 135 Å². The minimum absolute atomic E-state index is 0.000318. The zero-order valence-corrected chi connectivity index (χ0v) is 72.8. The second-order valence-corrected chi connectivity index (χ2v) is 31.0. The normalized spacial score (nSPS) is 14.6. The maximum absolute atomic E-state index is 14.6. The van der Waals surface area contributed by atoms with Crippen molar-refractivity contribution < 1.29 is 106 Å². The van der Waals surface area contributed by atoms with Crippen LogP contribution in [-0.4, -0.2) is 264 Å². The van der Waals surface area contributed by atoms with Crippen LogP contribution in [0, 0.1) is 34.5 Å². The largest absolute Gasteiger partial charge is 0.394 e. The highest BCUT2D eigenvalue weighted by Crippen LogP contribution is 2.16. The number of nitrogens with two attached hydrogens (primary N) is 6. The number of carbonyl (C=O) groups is 18. The smallest absolute Gasteiger partial charge is 0.336 e. The molecule has 0 aliphatic rings. The summed E-state index contributed by atoms with van der Waals surface area (Å²) in [5, 5.41) is 72.2. The zero-order chi connectivity index (χ0) is 94.3. The first-order valence-electron chi connectivity index (χ1n) is 40.3. The highest BCUT2D eigenvalue weighted by Gasteiger charge is 2.39. The molecule has 0 aromatic heterocycles. The van der Waals surface area contributed by atoms with Gasteiger partial charge in [-0.2, -0.15) is 12.6 Å². The Balaban J connectivity index is 2.62. The van der Waals surface area contributed by atoms with E-state index in [4.69, 9.17) is 66.9 Å². The molecule has 2 aromatic rings. The number of guanidine groups is 2. The monoisotopic (exact) mass is 1800 g/mol. The predicted octanol–water partition coefficient (Wildman–Crippen LogP) is -7.95. The van der Waals surface area contributed by atoms with E-state index in [0.29, 0.717) is 5.56 Å². The molecule has 0 spiro atoms. The van der Waals surface area contributed by atoms with Crippen LogP contribution in [0.2, 0.25) is 0 Å². The SMILES string of the molecule is CCC(C)C(NC(=O)C(CCCNC(=N)N)NC(=O)C(CC(C)C)NC(=O)C(N)Cc1ccccc1)C(=O)NC(C(=O)OC(=O)CCC(NC(=O)C(NC(=O)C(CO)NC(=O)C(CCCNC(=N)N)NC(=O)C(C=S)NC(=O)C(N)CCC(N)=O)C(C)C)C(=O)NCC(=O)OC(=O)C(Cc1ccccc1)NC(=O)CNC(=O)C(CS)NC(=O)C(N)CO)C(C)C. The van der Waals surface area contributed by atoms with Crippen molar-refractivity contribution in [1.29, 1.82) is 10.8 Å². The number of ether oxygens (including phenoxy) is 2. The summed E-state index contributed by atoms with van der Waals surface area (Å²) in [5.41, 5.74) is 34.9. The third-order valence-corrected chi connectivity index (χ3v) is 19.5. The number of hydrogen-bond acceptors (Lipinski definition) is 29. The Morgan fingerprint density at radius 3 is 1.38 bits per heavy atom. The van der Waals surface area contributed by atoms with E-state index in [-0.39, 0.29) is 94.9 Å². The number of amides is 14. The van der Waals surface area contributed by atoms with Crippen molar-refractivity contribution in [2.45, 2.75) is 217 Å². The van der Waals surface area contributed by atoms with E-state index in [1.807, 2.05) is 0 Å². The molecule has 15 unspecified atom stereocenters. The van der Waals surface area contributed by atoms with Gasteiger partial charge in [0.25, 0.3) is 0 Å². The fraction of sp³-hybridized carbons (Fsp3) is 0.577. The third kappa shape index (κ3) is 41.9. The molecule has 125 heavy (non-hydrogen) atoms. The zero-order valence-electron chi connectivity index (χ0n) is 71.1. The Hall–Kier alpha value is -11.9. The molecule has 694 valence electrons. The summed E-state index contributed by atoms with van der Waals surface area (Å²) < 4.78 is 10.3. The topological polar surface area (TPSA) is 750 Å². The third-order valence-electron chi connectivity index (χ3n) is 18.8. The lowest BCUT2D eigenvalue weighted by atomic mass is 9.96. The van der Waals surface area contributed by atoms with Gasteiger partial charge in [-0.3, -0.25) is 82.7 Å². The maximum atomic E-state index is 14.6. The van der Waals surface area contributed by atoms with E-state index in [0.717, 1.165) is 10.9 Å². The van der Waals surface area contributed by atoms with Gasteiger partial charge in [0.1, 0.15) is 79.0 Å². The number of aliphatic hydroxyl groups excluding tert-OH is 2. The van der Waals surface area contributed by atoms with E-state index >= 15 is 0 Å². The van der Waals surface area contributed by atoms with Crippen molar-refractivity contribution in [3.8, 4) is 0 Å². The summed E-state index contributed by atoms with van der Waals surface area (Å²) in [6.07, 6.45) is -2.38. The number of benzene rings is 2. The van der Waals surface area contributed by atoms with Gasteiger partial charge in [0.2, 0.25) is 82.7 Å². The molecule has 0 aliphatic carbocycles. The van der Waals surface area contributed by atoms with E-state index < -0.39 is 254 Å². The number of primary amides is 1. The van der Waals surface area contributed by atoms with Crippen molar-refractivity contribution in [3.63, 3.8) is 0 Å². The van der Waals surface area contributed by atoms with Gasteiger partial charge in [0, 0.05) is 43.5 Å². The van der Waals surface area contributed by atoms with Gasteiger partial charge in [-0.05, 0) is 86.2 Å². The van der Waals surface area contributed by atoms with Crippen LogP contribution in [-0.2, 0) is 109 Å². The second kappa shape index (κ2) is 57.5. The van der Waals surface area contributed by atoms with Gasteiger partial charge >= 0.3 is 23.9 Å². The van der Waals surface area contributed by atoms with Crippen LogP contribution < -0.4 is 114 Å². The van der Waals surface area contributed by atoms with E-state index in [9.17, 15) is 96.5 Å². The van der Waals surface area contributed by atoms with E-state index in [2.05, 4.69) is 92.4 Å². The van der Waals surface area contributed by atoms with Crippen molar-refractivity contribution >= 4 is 149 Å². The lowest BCUT2D eigenvalue weighted by molar-refractivity contribution is -0.164. The quantitative estimate of drug-likeness (QED) is 0.00556. The molecule has 0 heterocycles. The number of nitrogens with one attached hydrogen (secondary N) is 17. The molecule has 15 atom stereocenters.